The molecule has 0 aliphatic carbocycles. The summed E-state index contributed by atoms with van der Waals surface area (Å²) in [5, 5.41) is 10.2. The van der Waals surface area contributed by atoms with Crippen LogP contribution < -0.4 is 9.46 Å². The van der Waals surface area contributed by atoms with Crippen molar-refractivity contribution in [3.8, 4) is 17.2 Å². The van der Waals surface area contributed by atoms with E-state index in [1.54, 1.807) is 13.2 Å². The molecule has 0 spiro atoms. The van der Waals surface area contributed by atoms with Gasteiger partial charge in [0.2, 0.25) is 21.8 Å². The van der Waals surface area contributed by atoms with Crippen molar-refractivity contribution >= 4 is 38.2 Å². The molecule has 0 saturated heterocycles. The minimum Gasteiger partial charge on any atom is -0.497 e. The smallest absolute Gasteiger partial charge is 0.247 e. The molecule has 0 amide bonds. The fourth-order valence-corrected chi connectivity index (χ4v) is 5.35. The summed E-state index contributed by atoms with van der Waals surface area (Å²) in [4.78, 5) is 0. The quantitative estimate of drug-likeness (QED) is 0.264. The van der Waals surface area contributed by atoms with Crippen molar-refractivity contribution < 1.29 is 17.6 Å². The van der Waals surface area contributed by atoms with E-state index < -0.39 is 15.6 Å². The first-order valence-corrected chi connectivity index (χ1v) is 13.8. The lowest BCUT2D eigenvalue weighted by Crippen LogP contribution is -2.35. The Balaban J connectivity index is 1.72. The van der Waals surface area contributed by atoms with Crippen molar-refractivity contribution in [3.63, 3.8) is 0 Å². The number of ether oxygens (including phenoxy) is 1. The minimum absolute atomic E-state index is 0.375. The van der Waals surface area contributed by atoms with Crippen LogP contribution >= 0.6 is 11.6 Å². The Morgan fingerprint density at radius 3 is 2.41 bits per heavy atom. The van der Waals surface area contributed by atoms with Crippen molar-refractivity contribution in [2.24, 2.45) is 0 Å². The van der Waals surface area contributed by atoms with E-state index in [9.17, 15) is 8.42 Å². The van der Waals surface area contributed by atoms with Crippen LogP contribution in [-0.4, -0.2) is 36.5 Å². The topological polar surface area (TPSA) is 99.2 Å². The Morgan fingerprint density at radius 2 is 1.76 bits per heavy atom. The van der Waals surface area contributed by atoms with Crippen LogP contribution in [0, 0.1) is 0 Å². The SMILES string of the molecule is CC[C@@](c1ccc(Cl)cc1)(c1nnc(-c2ccc(OC)cc2)o1)n1ccc2c(NS(C)(=O)=O)cccc21. The molecule has 190 valence electrons. The highest BCUT2D eigenvalue weighted by Crippen LogP contribution is 2.41. The van der Waals surface area contributed by atoms with Gasteiger partial charge >= 0.3 is 0 Å². The third kappa shape index (κ3) is 4.56. The number of hydrogen-bond acceptors (Lipinski definition) is 6. The maximum Gasteiger partial charge on any atom is 0.247 e. The zero-order valence-corrected chi connectivity index (χ0v) is 22.0. The summed E-state index contributed by atoms with van der Waals surface area (Å²) in [5.74, 6) is 1.49. The molecule has 0 unspecified atom stereocenters. The zero-order valence-electron chi connectivity index (χ0n) is 20.5. The summed E-state index contributed by atoms with van der Waals surface area (Å²) >= 11 is 6.23. The minimum atomic E-state index is -3.47. The number of fused-ring (bicyclic) bond motifs is 1. The van der Waals surface area contributed by atoms with Gasteiger partial charge in [-0.1, -0.05) is 36.7 Å². The molecular weight excluding hydrogens is 512 g/mol. The molecular formula is C27H25ClN4O4S. The van der Waals surface area contributed by atoms with Crippen molar-refractivity contribution in [3.05, 3.63) is 95.5 Å². The molecule has 0 aliphatic heterocycles. The molecule has 1 N–H and O–H groups in total. The van der Waals surface area contributed by atoms with Gasteiger partial charge in [-0.3, -0.25) is 4.72 Å². The van der Waals surface area contributed by atoms with Crippen LogP contribution in [0.1, 0.15) is 24.8 Å². The molecule has 0 radical (unpaired) electrons. The highest BCUT2D eigenvalue weighted by atomic mass is 35.5. The maximum atomic E-state index is 12.0. The maximum absolute atomic E-state index is 12.0. The lowest BCUT2D eigenvalue weighted by molar-refractivity contribution is 0.325. The van der Waals surface area contributed by atoms with Crippen molar-refractivity contribution in [2.75, 3.05) is 18.1 Å². The van der Waals surface area contributed by atoms with E-state index >= 15 is 0 Å². The van der Waals surface area contributed by atoms with Crippen LogP contribution in [0.25, 0.3) is 22.4 Å². The van der Waals surface area contributed by atoms with Crippen LogP contribution in [0.3, 0.4) is 0 Å². The molecule has 5 rings (SSSR count). The number of sulfonamides is 1. The summed E-state index contributed by atoms with van der Waals surface area (Å²) < 4.78 is 40.2. The first kappa shape index (κ1) is 24.9. The lowest BCUT2D eigenvalue weighted by Gasteiger charge is -2.33. The first-order valence-electron chi connectivity index (χ1n) is 11.6. The summed E-state index contributed by atoms with van der Waals surface area (Å²) in [6.45, 7) is 2.04. The van der Waals surface area contributed by atoms with Gasteiger partial charge in [0.25, 0.3) is 0 Å². The van der Waals surface area contributed by atoms with Gasteiger partial charge in [0.1, 0.15) is 11.3 Å². The first-order chi connectivity index (χ1) is 17.7. The number of halogens is 1. The van der Waals surface area contributed by atoms with Crippen molar-refractivity contribution in [1.29, 1.82) is 0 Å². The largest absolute Gasteiger partial charge is 0.497 e. The fourth-order valence-electron chi connectivity index (χ4n) is 4.65. The average Bonchev–Trinajstić information content (AvgIpc) is 3.55. The van der Waals surface area contributed by atoms with Crippen LogP contribution in [0.4, 0.5) is 5.69 Å². The van der Waals surface area contributed by atoms with Gasteiger partial charge in [-0.05, 0) is 66.6 Å². The molecule has 0 aliphatic rings. The molecule has 0 saturated carbocycles. The fraction of sp³-hybridized carbons (Fsp3) is 0.185. The summed E-state index contributed by atoms with van der Waals surface area (Å²) in [6, 6.07) is 22.3. The number of nitrogens with one attached hydrogen (secondary N) is 1. The number of hydrogen-bond donors (Lipinski definition) is 1. The van der Waals surface area contributed by atoms with E-state index in [-0.39, 0.29) is 0 Å². The monoisotopic (exact) mass is 536 g/mol. The van der Waals surface area contributed by atoms with E-state index in [4.69, 9.17) is 20.8 Å². The highest BCUT2D eigenvalue weighted by molar-refractivity contribution is 7.92. The molecule has 37 heavy (non-hydrogen) atoms. The number of rotatable bonds is 8. The van der Waals surface area contributed by atoms with E-state index in [1.165, 1.54) is 0 Å². The van der Waals surface area contributed by atoms with E-state index in [2.05, 4.69) is 14.9 Å². The van der Waals surface area contributed by atoms with Gasteiger partial charge < -0.3 is 13.7 Å². The molecule has 8 nitrogen and oxygen atoms in total. The predicted molar refractivity (Wildman–Crippen MR) is 145 cm³/mol. The Kier molecular flexibility index (Phi) is 6.43. The third-order valence-electron chi connectivity index (χ3n) is 6.39. The summed E-state index contributed by atoms with van der Waals surface area (Å²) in [7, 11) is -1.85. The van der Waals surface area contributed by atoms with Crippen LogP contribution in [0.15, 0.2) is 83.4 Å². The molecule has 1 atom stereocenters. The normalized spacial score (nSPS) is 13.4. The van der Waals surface area contributed by atoms with E-state index in [0.717, 1.165) is 34.0 Å². The average molecular weight is 537 g/mol. The van der Waals surface area contributed by atoms with Crippen molar-refractivity contribution in [1.82, 2.24) is 14.8 Å². The Bertz CT molecular complexity index is 1660. The zero-order chi connectivity index (χ0) is 26.2. The second-order valence-corrected chi connectivity index (χ2v) is 10.8. The van der Waals surface area contributed by atoms with Gasteiger partial charge in [0.05, 0.1) is 24.6 Å². The Labute approximate surface area is 219 Å². The van der Waals surface area contributed by atoms with Crippen LogP contribution in [0.5, 0.6) is 5.75 Å². The Morgan fingerprint density at radius 1 is 1.03 bits per heavy atom. The highest BCUT2D eigenvalue weighted by Gasteiger charge is 2.41. The van der Waals surface area contributed by atoms with Gasteiger partial charge in [-0.2, -0.15) is 0 Å². The van der Waals surface area contributed by atoms with Crippen molar-refractivity contribution in [2.45, 2.75) is 18.9 Å². The van der Waals surface area contributed by atoms with Gasteiger partial charge in [-0.15, -0.1) is 10.2 Å². The van der Waals surface area contributed by atoms with Crippen LogP contribution in [-0.2, 0) is 15.6 Å². The standard InChI is InChI=1S/C27H25ClN4O4S/c1-4-27(19-10-12-20(28)13-11-19,26-30-29-25(36-26)18-8-14-21(35-2)15-9-18)32-17-16-22-23(31-37(3,33)34)6-5-7-24(22)32/h5-17,31H,4H2,1-3H3/t27-/m1/s1. The number of benzene rings is 3. The summed E-state index contributed by atoms with van der Waals surface area (Å²) in [5.41, 5.74) is 2.05. The molecule has 10 heteroatoms. The molecule has 3 aromatic carbocycles. The Hall–Kier alpha value is -3.82. The summed E-state index contributed by atoms with van der Waals surface area (Å²) in [6.07, 6.45) is 3.60. The molecule has 0 fully saturated rings. The lowest BCUT2D eigenvalue weighted by atomic mass is 9.86. The predicted octanol–water partition coefficient (Wildman–Crippen LogP) is 5.93. The second kappa shape index (κ2) is 9.57. The number of nitrogens with zero attached hydrogens (tertiary/aromatic N) is 3. The second-order valence-electron chi connectivity index (χ2n) is 8.66. The van der Waals surface area contributed by atoms with Crippen LogP contribution in [0.2, 0.25) is 5.02 Å². The molecule has 2 aromatic heterocycles. The number of aromatic nitrogens is 3. The molecule has 2 heterocycles. The van der Waals surface area contributed by atoms with E-state index in [1.807, 2.05) is 84.4 Å². The van der Waals surface area contributed by atoms with Gasteiger partial charge in [-0.25, -0.2) is 8.42 Å². The molecule has 5 aromatic rings. The number of methoxy groups -OCH3 is 1. The number of anilines is 1. The van der Waals surface area contributed by atoms with Gasteiger partial charge in [0.15, 0.2) is 0 Å². The van der Waals surface area contributed by atoms with E-state index in [0.29, 0.717) is 28.9 Å². The third-order valence-corrected chi connectivity index (χ3v) is 7.23. The molecule has 0 bridgehead atoms. The van der Waals surface area contributed by atoms with Gasteiger partial charge in [0, 0.05) is 22.2 Å².